The van der Waals surface area contributed by atoms with E-state index in [0.717, 1.165) is 22.4 Å². The average Bonchev–Trinajstić information content (AvgIpc) is 3.52. The Labute approximate surface area is 215 Å². The second-order valence-corrected chi connectivity index (χ2v) is 8.87. The van der Waals surface area contributed by atoms with E-state index in [1.54, 1.807) is 13.0 Å². The second kappa shape index (κ2) is 11.2. The lowest BCUT2D eigenvalue weighted by atomic mass is 10.1. The summed E-state index contributed by atoms with van der Waals surface area (Å²) in [4.78, 5) is 31.2. The van der Waals surface area contributed by atoms with Crippen molar-refractivity contribution in [2.24, 2.45) is 0 Å². The van der Waals surface area contributed by atoms with E-state index in [2.05, 4.69) is 4.90 Å². The molecule has 4 aromatic rings. The number of hydrogen-bond donors (Lipinski definition) is 0. The maximum Gasteiger partial charge on any atom is 0.344 e. The molecule has 2 heterocycles. The molecule has 1 atom stereocenters. The van der Waals surface area contributed by atoms with Crippen LogP contribution in [-0.2, 0) is 20.9 Å². The van der Waals surface area contributed by atoms with E-state index in [-0.39, 0.29) is 18.4 Å². The van der Waals surface area contributed by atoms with Gasteiger partial charge in [-0.3, -0.25) is 9.69 Å². The van der Waals surface area contributed by atoms with Crippen molar-refractivity contribution in [2.75, 3.05) is 19.8 Å². The number of aromatic nitrogens is 1. The third-order valence-electron chi connectivity index (χ3n) is 6.20. The third kappa shape index (κ3) is 5.78. The van der Waals surface area contributed by atoms with Crippen molar-refractivity contribution >= 4 is 11.8 Å². The molecule has 0 aliphatic carbocycles. The first-order valence-electron chi connectivity index (χ1n) is 12.4. The molecule has 0 amide bonds. The van der Waals surface area contributed by atoms with Crippen molar-refractivity contribution in [1.29, 1.82) is 0 Å². The molecule has 188 valence electrons. The smallest absolute Gasteiger partial charge is 0.344 e. The maximum atomic E-state index is 12.6. The van der Waals surface area contributed by atoms with Gasteiger partial charge >= 0.3 is 5.97 Å². The van der Waals surface area contributed by atoms with Crippen LogP contribution in [0.25, 0.3) is 22.6 Å². The van der Waals surface area contributed by atoms with Crippen LogP contribution in [0.2, 0.25) is 0 Å². The first kappa shape index (κ1) is 24.5. The molecule has 0 spiro atoms. The number of rotatable bonds is 9. The number of ether oxygens (including phenoxy) is 2. The topological polar surface area (TPSA) is 81.9 Å². The molecule has 0 unspecified atom stereocenters. The molecule has 0 N–H and O–H groups in total. The molecule has 1 saturated heterocycles. The van der Waals surface area contributed by atoms with E-state index in [1.807, 2.05) is 78.9 Å². The molecule has 7 nitrogen and oxygen atoms in total. The zero-order valence-electron chi connectivity index (χ0n) is 20.6. The van der Waals surface area contributed by atoms with Crippen molar-refractivity contribution < 1.29 is 23.5 Å². The summed E-state index contributed by atoms with van der Waals surface area (Å²) in [5.74, 6) is 1.51. The predicted octanol–water partition coefficient (Wildman–Crippen LogP) is 5.47. The number of carbonyl (C=O) groups is 2. The Hall–Kier alpha value is -4.23. The standard InChI is InChI=1S/C30H28N2O5/c1-2-35-27(34)20-36-25-15-9-10-21(16-25)18-32-19-24(33)17-26(32)30-31-28(22-11-5-3-6-12-22)29(37-30)23-13-7-4-8-14-23/h3-16,26H,2,17-20H2,1H3/t26-/m1/s1. The molecule has 1 aliphatic rings. The van der Waals surface area contributed by atoms with E-state index in [9.17, 15) is 9.59 Å². The monoisotopic (exact) mass is 496 g/mol. The van der Waals surface area contributed by atoms with Crippen molar-refractivity contribution in [1.82, 2.24) is 9.88 Å². The highest BCUT2D eigenvalue weighted by atomic mass is 16.6. The number of likely N-dealkylation sites (tertiary alicyclic amines) is 1. The molecule has 37 heavy (non-hydrogen) atoms. The van der Waals surface area contributed by atoms with Crippen LogP contribution in [0.4, 0.5) is 0 Å². The molecule has 5 rings (SSSR count). The third-order valence-corrected chi connectivity index (χ3v) is 6.20. The van der Waals surface area contributed by atoms with Gasteiger partial charge in [0.2, 0.25) is 5.89 Å². The fraction of sp³-hybridized carbons (Fsp3) is 0.233. The van der Waals surface area contributed by atoms with Crippen LogP contribution in [0, 0.1) is 0 Å². The van der Waals surface area contributed by atoms with Gasteiger partial charge in [0.25, 0.3) is 0 Å². The minimum absolute atomic E-state index is 0.139. The summed E-state index contributed by atoms with van der Waals surface area (Å²) in [6.07, 6.45) is 0.335. The normalized spacial score (nSPS) is 15.6. The van der Waals surface area contributed by atoms with Gasteiger partial charge in [-0.2, -0.15) is 0 Å². The minimum atomic E-state index is -0.412. The number of oxazole rings is 1. The van der Waals surface area contributed by atoms with Crippen LogP contribution in [0.15, 0.2) is 89.3 Å². The number of esters is 1. The molecule has 0 bridgehead atoms. The quantitative estimate of drug-likeness (QED) is 0.284. The second-order valence-electron chi connectivity index (χ2n) is 8.87. The zero-order chi connectivity index (χ0) is 25.6. The number of ketones is 1. The van der Waals surface area contributed by atoms with E-state index in [4.69, 9.17) is 18.9 Å². The summed E-state index contributed by atoms with van der Waals surface area (Å²) in [6.45, 7) is 2.74. The van der Waals surface area contributed by atoms with Crippen molar-refractivity contribution in [3.05, 3.63) is 96.4 Å². The molecular formula is C30H28N2O5. The molecule has 1 fully saturated rings. The maximum absolute atomic E-state index is 12.6. The van der Waals surface area contributed by atoms with Gasteiger partial charge in [-0.25, -0.2) is 9.78 Å². The van der Waals surface area contributed by atoms with Crippen LogP contribution in [-0.4, -0.2) is 41.4 Å². The Morgan fingerprint density at radius 2 is 1.73 bits per heavy atom. The van der Waals surface area contributed by atoms with Gasteiger partial charge < -0.3 is 13.9 Å². The largest absolute Gasteiger partial charge is 0.482 e. The summed E-state index contributed by atoms with van der Waals surface area (Å²) < 4.78 is 16.9. The Kier molecular flexibility index (Phi) is 7.42. The summed E-state index contributed by atoms with van der Waals surface area (Å²) in [6, 6.07) is 27.0. The lowest BCUT2D eigenvalue weighted by molar-refractivity contribution is -0.145. The zero-order valence-corrected chi connectivity index (χ0v) is 20.6. The molecule has 3 aromatic carbocycles. The van der Waals surface area contributed by atoms with Gasteiger partial charge in [-0.05, 0) is 24.6 Å². The molecule has 0 saturated carbocycles. The minimum Gasteiger partial charge on any atom is -0.482 e. The lowest BCUT2D eigenvalue weighted by Gasteiger charge is -2.21. The Morgan fingerprint density at radius 3 is 2.46 bits per heavy atom. The van der Waals surface area contributed by atoms with Crippen molar-refractivity contribution in [3.8, 4) is 28.3 Å². The Morgan fingerprint density at radius 1 is 1.00 bits per heavy atom. The SMILES string of the molecule is CCOC(=O)COc1cccc(CN2CC(=O)C[C@@H]2c2nc(-c3ccccc3)c(-c3ccccc3)o2)c1. The van der Waals surface area contributed by atoms with E-state index < -0.39 is 5.97 Å². The molecule has 7 heteroatoms. The first-order valence-corrected chi connectivity index (χ1v) is 12.4. The number of carbonyl (C=O) groups excluding carboxylic acids is 2. The molecule has 1 aromatic heterocycles. The molecule has 1 aliphatic heterocycles. The summed E-state index contributed by atoms with van der Waals surface area (Å²) in [7, 11) is 0. The highest BCUT2D eigenvalue weighted by Crippen LogP contribution is 2.38. The molecule has 0 radical (unpaired) electrons. The van der Waals surface area contributed by atoms with Crippen LogP contribution in [0.1, 0.15) is 30.8 Å². The lowest BCUT2D eigenvalue weighted by Crippen LogP contribution is -2.24. The van der Waals surface area contributed by atoms with Crippen molar-refractivity contribution in [3.63, 3.8) is 0 Å². The predicted molar refractivity (Wildman–Crippen MR) is 139 cm³/mol. The molecular weight excluding hydrogens is 468 g/mol. The van der Waals surface area contributed by atoms with Gasteiger partial charge in [-0.15, -0.1) is 0 Å². The summed E-state index contributed by atoms with van der Waals surface area (Å²) in [5, 5.41) is 0. The highest BCUT2D eigenvalue weighted by Gasteiger charge is 2.36. The van der Waals surface area contributed by atoms with Crippen LogP contribution in [0.5, 0.6) is 5.75 Å². The van der Waals surface area contributed by atoms with Gasteiger partial charge in [0.15, 0.2) is 12.4 Å². The fourth-order valence-electron chi connectivity index (χ4n) is 4.52. The van der Waals surface area contributed by atoms with E-state index in [0.29, 0.717) is 43.5 Å². The Balaban J connectivity index is 1.41. The van der Waals surface area contributed by atoms with Gasteiger partial charge in [0, 0.05) is 24.1 Å². The fourth-order valence-corrected chi connectivity index (χ4v) is 4.52. The van der Waals surface area contributed by atoms with Crippen molar-refractivity contribution in [2.45, 2.75) is 25.9 Å². The average molecular weight is 497 g/mol. The number of benzene rings is 3. The Bertz CT molecular complexity index is 1310. The number of hydrogen-bond acceptors (Lipinski definition) is 7. The van der Waals surface area contributed by atoms with Gasteiger partial charge in [0.05, 0.1) is 19.2 Å². The van der Waals surface area contributed by atoms with Gasteiger partial charge in [-0.1, -0.05) is 72.8 Å². The van der Waals surface area contributed by atoms with E-state index >= 15 is 0 Å². The number of Topliss-reactive ketones (excluding diaryl/α,β-unsaturated/α-hetero) is 1. The highest BCUT2D eigenvalue weighted by molar-refractivity contribution is 5.83. The van der Waals surface area contributed by atoms with Crippen LogP contribution >= 0.6 is 0 Å². The first-order chi connectivity index (χ1) is 18.1. The van der Waals surface area contributed by atoms with Crippen LogP contribution in [0.3, 0.4) is 0 Å². The summed E-state index contributed by atoms with van der Waals surface area (Å²) >= 11 is 0. The number of nitrogens with zero attached hydrogens (tertiary/aromatic N) is 2. The summed E-state index contributed by atoms with van der Waals surface area (Å²) in [5.41, 5.74) is 3.61. The van der Waals surface area contributed by atoms with E-state index in [1.165, 1.54) is 0 Å². The van der Waals surface area contributed by atoms with Gasteiger partial charge in [0.1, 0.15) is 17.2 Å². The van der Waals surface area contributed by atoms with Crippen LogP contribution < -0.4 is 4.74 Å².